The van der Waals surface area contributed by atoms with Crippen molar-refractivity contribution < 1.29 is 13.9 Å². The lowest BCUT2D eigenvalue weighted by Crippen LogP contribution is -2.35. The Morgan fingerprint density at radius 2 is 1.89 bits per heavy atom. The molecule has 0 radical (unpaired) electrons. The summed E-state index contributed by atoms with van der Waals surface area (Å²) in [7, 11) is 0. The first-order chi connectivity index (χ1) is 9.16. The van der Waals surface area contributed by atoms with E-state index >= 15 is 0 Å². The number of benzene rings is 2. The molecule has 0 bridgehead atoms. The van der Waals surface area contributed by atoms with Crippen molar-refractivity contribution in [3.63, 3.8) is 0 Å². The number of fused-ring (bicyclic) bond motifs is 2. The fraction of sp³-hybridized carbons (Fsp3) is 0.0714. The van der Waals surface area contributed by atoms with Gasteiger partial charge in [-0.1, -0.05) is 24.3 Å². The maximum atomic E-state index is 14.0. The van der Waals surface area contributed by atoms with Crippen molar-refractivity contribution >= 4 is 6.03 Å². The van der Waals surface area contributed by atoms with E-state index in [9.17, 15) is 9.18 Å². The van der Waals surface area contributed by atoms with Crippen LogP contribution in [-0.4, -0.2) is 6.03 Å². The number of amides is 2. The van der Waals surface area contributed by atoms with Gasteiger partial charge in [0.1, 0.15) is 17.3 Å². The van der Waals surface area contributed by atoms with Crippen LogP contribution in [0.4, 0.5) is 9.18 Å². The monoisotopic (exact) mass is 258 g/mol. The molecule has 0 spiro atoms. The van der Waals surface area contributed by atoms with Crippen LogP contribution in [0.3, 0.4) is 0 Å². The Hall–Kier alpha value is -2.56. The van der Waals surface area contributed by atoms with Crippen LogP contribution in [0.2, 0.25) is 0 Å². The van der Waals surface area contributed by atoms with Gasteiger partial charge in [0.05, 0.1) is 11.6 Å². The molecule has 4 nitrogen and oxygen atoms in total. The highest BCUT2D eigenvalue weighted by Crippen LogP contribution is 2.43. The minimum atomic E-state index is -0.712. The number of primary amides is 1. The first-order valence-electron chi connectivity index (χ1n) is 5.78. The van der Waals surface area contributed by atoms with E-state index in [0.717, 1.165) is 0 Å². The molecule has 1 aliphatic heterocycles. The van der Waals surface area contributed by atoms with E-state index in [1.165, 1.54) is 6.07 Å². The highest BCUT2D eigenvalue weighted by molar-refractivity contribution is 5.74. The van der Waals surface area contributed by atoms with Crippen LogP contribution in [0.15, 0.2) is 42.5 Å². The minimum Gasteiger partial charge on any atom is -0.456 e. The molecule has 5 heteroatoms. The lowest BCUT2D eigenvalue weighted by Gasteiger charge is -2.28. The van der Waals surface area contributed by atoms with Crippen LogP contribution in [0.1, 0.15) is 17.2 Å². The summed E-state index contributed by atoms with van der Waals surface area (Å²) >= 11 is 0. The molecule has 2 aromatic carbocycles. The molecule has 2 aromatic rings. The normalized spacial score (nSPS) is 15.9. The Labute approximate surface area is 109 Å². The second kappa shape index (κ2) is 4.28. The summed E-state index contributed by atoms with van der Waals surface area (Å²) in [5, 5.41) is 2.55. The van der Waals surface area contributed by atoms with Crippen molar-refractivity contribution in [3.05, 3.63) is 59.4 Å². The standard InChI is InChI=1S/C14H11FN2O2/c15-9-5-3-7-11-12(9)13(17-14(16)18)8-4-1-2-6-10(8)19-11/h1-7,13H,(H3,16,17,18). The molecule has 1 aliphatic rings. The Balaban J connectivity index is 2.19. The fourth-order valence-corrected chi connectivity index (χ4v) is 2.26. The van der Waals surface area contributed by atoms with E-state index in [-0.39, 0.29) is 0 Å². The van der Waals surface area contributed by atoms with Gasteiger partial charge in [-0.05, 0) is 18.2 Å². The maximum Gasteiger partial charge on any atom is 0.312 e. The molecule has 0 saturated heterocycles. The van der Waals surface area contributed by atoms with E-state index in [1.807, 2.05) is 6.07 Å². The fourth-order valence-electron chi connectivity index (χ4n) is 2.26. The van der Waals surface area contributed by atoms with Gasteiger partial charge in [0.15, 0.2) is 0 Å². The van der Waals surface area contributed by atoms with Gasteiger partial charge < -0.3 is 15.8 Å². The van der Waals surface area contributed by atoms with Gasteiger partial charge in [-0.15, -0.1) is 0 Å². The number of urea groups is 1. The van der Waals surface area contributed by atoms with E-state index in [0.29, 0.717) is 22.6 Å². The van der Waals surface area contributed by atoms with Crippen molar-refractivity contribution in [2.75, 3.05) is 0 Å². The van der Waals surface area contributed by atoms with E-state index < -0.39 is 17.9 Å². The van der Waals surface area contributed by atoms with Crippen molar-refractivity contribution in [2.45, 2.75) is 6.04 Å². The first kappa shape index (κ1) is 11.5. The molecule has 3 rings (SSSR count). The molecule has 1 unspecified atom stereocenters. The van der Waals surface area contributed by atoms with E-state index in [4.69, 9.17) is 10.5 Å². The molecule has 2 amide bonds. The minimum absolute atomic E-state index is 0.292. The number of nitrogens with two attached hydrogens (primary N) is 1. The number of para-hydroxylation sites is 1. The lowest BCUT2D eigenvalue weighted by molar-refractivity contribution is 0.246. The van der Waals surface area contributed by atoms with Gasteiger partial charge >= 0.3 is 6.03 Å². The second-order valence-electron chi connectivity index (χ2n) is 4.23. The van der Waals surface area contributed by atoms with Crippen molar-refractivity contribution in [3.8, 4) is 11.5 Å². The number of hydrogen-bond acceptors (Lipinski definition) is 2. The molecule has 19 heavy (non-hydrogen) atoms. The Morgan fingerprint density at radius 3 is 2.68 bits per heavy atom. The summed E-state index contributed by atoms with van der Waals surface area (Å²) in [6.07, 6.45) is 0. The molecule has 0 aliphatic carbocycles. The van der Waals surface area contributed by atoms with Gasteiger partial charge in [0.2, 0.25) is 0 Å². The van der Waals surface area contributed by atoms with Gasteiger partial charge in [-0.2, -0.15) is 0 Å². The van der Waals surface area contributed by atoms with Crippen molar-refractivity contribution in [2.24, 2.45) is 5.73 Å². The number of nitrogens with one attached hydrogen (secondary N) is 1. The lowest BCUT2D eigenvalue weighted by atomic mass is 9.94. The van der Waals surface area contributed by atoms with E-state index in [2.05, 4.69) is 5.32 Å². The van der Waals surface area contributed by atoms with Crippen LogP contribution in [0.5, 0.6) is 11.5 Å². The predicted molar refractivity (Wildman–Crippen MR) is 67.5 cm³/mol. The average molecular weight is 258 g/mol. The summed E-state index contributed by atoms with van der Waals surface area (Å²) in [5.41, 5.74) is 6.15. The summed E-state index contributed by atoms with van der Waals surface area (Å²) in [5.74, 6) is 0.530. The first-order valence-corrected chi connectivity index (χ1v) is 5.78. The van der Waals surface area contributed by atoms with Crippen molar-refractivity contribution in [1.82, 2.24) is 5.32 Å². The molecular weight excluding hydrogens is 247 g/mol. The quantitative estimate of drug-likeness (QED) is 0.826. The van der Waals surface area contributed by atoms with Crippen LogP contribution in [0.25, 0.3) is 0 Å². The SMILES string of the molecule is NC(=O)NC1c2ccccc2Oc2cccc(F)c21. The number of halogens is 1. The van der Waals surface area contributed by atoms with Crippen LogP contribution >= 0.6 is 0 Å². The third-order valence-electron chi connectivity index (χ3n) is 3.04. The third-order valence-corrected chi connectivity index (χ3v) is 3.04. The molecular formula is C14H11FN2O2. The van der Waals surface area contributed by atoms with Crippen LogP contribution in [-0.2, 0) is 0 Å². The van der Waals surface area contributed by atoms with Gasteiger partial charge in [-0.3, -0.25) is 0 Å². The number of hydrogen-bond donors (Lipinski definition) is 2. The zero-order valence-corrected chi connectivity index (χ0v) is 9.89. The third kappa shape index (κ3) is 1.89. The zero-order chi connectivity index (χ0) is 13.4. The molecule has 1 heterocycles. The Morgan fingerprint density at radius 1 is 1.16 bits per heavy atom. The maximum absolute atomic E-state index is 14.0. The summed E-state index contributed by atoms with van der Waals surface area (Å²) in [6, 6.07) is 10.3. The van der Waals surface area contributed by atoms with Gasteiger partial charge in [-0.25, -0.2) is 9.18 Å². The average Bonchev–Trinajstić information content (AvgIpc) is 2.38. The highest BCUT2D eigenvalue weighted by atomic mass is 19.1. The van der Waals surface area contributed by atoms with Gasteiger partial charge in [0, 0.05) is 5.56 Å². The molecule has 3 N–H and O–H groups in total. The molecule has 0 fully saturated rings. The number of rotatable bonds is 1. The summed E-state index contributed by atoms with van der Waals surface area (Å²) in [6.45, 7) is 0. The number of carbonyl (C=O) groups is 1. The Kier molecular flexibility index (Phi) is 2.59. The highest BCUT2D eigenvalue weighted by Gasteiger charge is 2.30. The molecule has 0 aromatic heterocycles. The Bertz CT molecular complexity index is 658. The molecule has 0 saturated carbocycles. The van der Waals surface area contributed by atoms with E-state index in [1.54, 1.807) is 30.3 Å². The topological polar surface area (TPSA) is 64.4 Å². The second-order valence-corrected chi connectivity index (χ2v) is 4.23. The zero-order valence-electron chi connectivity index (χ0n) is 9.89. The summed E-state index contributed by atoms with van der Waals surface area (Å²) < 4.78 is 19.6. The molecule has 1 atom stereocenters. The van der Waals surface area contributed by atoms with Crippen LogP contribution < -0.4 is 15.8 Å². The van der Waals surface area contributed by atoms with Crippen molar-refractivity contribution in [1.29, 1.82) is 0 Å². The largest absolute Gasteiger partial charge is 0.456 e. The predicted octanol–water partition coefficient (Wildman–Crippen LogP) is 2.69. The van der Waals surface area contributed by atoms with Crippen LogP contribution in [0, 0.1) is 5.82 Å². The smallest absolute Gasteiger partial charge is 0.312 e. The van der Waals surface area contributed by atoms with Gasteiger partial charge in [0.25, 0.3) is 0 Å². The molecule has 96 valence electrons. The number of carbonyl (C=O) groups excluding carboxylic acids is 1. The summed E-state index contributed by atoms with van der Waals surface area (Å²) in [4.78, 5) is 11.1. The number of ether oxygens (including phenoxy) is 1.